The summed E-state index contributed by atoms with van der Waals surface area (Å²) in [5.74, 6) is 1.15. The van der Waals surface area contributed by atoms with Gasteiger partial charge in [0.25, 0.3) is 5.56 Å². The van der Waals surface area contributed by atoms with Crippen LogP contribution >= 0.6 is 0 Å². The molecule has 0 bridgehead atoms. The minimum Gasteiger partial charge on any atom is -0.496 e. The van der Waals surface area contributed by atoms with Gasteiger partial charge in [-0.25, -0.2) is 4.98 Å². The molecule has 0 fully saturated rings. The summed E-state index contributed by atoms with van der Waals surface area (Å²) in [6.07, 6.45) is 1.32. The number of benzene rings is 4. The molecule has 0 aliphatic rings. The van der Waals surface area contributed by atoms with Gasteiger partial charge in [-0.1, -0.05) is 48.0 Å². The number of aromatic nitrogens is 2. The maximum Gasteiger partial charge on any atom is 0.315 e. The van der Waals surface area contributed by atoms with Crippen molar-refractivity contribution in [2.75, 3.05) is 14.2 Å². The van der Waals surface area contributed by atoms with E-state index in [1.54, 1.807) is 61.7 Å². The second-order valence-corrected chi connectivity index (χ2v) is 9.90. The predicted octanol–water partition coefficient (Wildman–Crippen LogP) is 6.50. The molecule has 0 N–H and O–H groups in total. The number of furan rings is 1. The van der Waals surface area contributed by atoms with Crippen LogP contribution in [0.15, 0.2) is 99.2 Å². The van der Waals surface area contributed by atoms with Gasteiger partial charge in [-0.05, 0) is 48.9 Å². The molecular weight excluding hydrogens is 564 g/mol. The Kier molecular flexibility index (Phi) is 7.51. The number of nitrogens with zero attached hydrogens (tertiary/aromatic N) is 4. The highest BCUT2D eigenvalue weighted by Gasteiger charge is 2.23. The van der Waals surface area contributed by atoms with E-state index in [-0.39, 0.29) is 35.4 Å². The van der Waals surface area contributed by atoms with Gasteiger partial charge in [-0.3, -0.25) is 14.9 Å². The molecule has 0 aliphatic heterocycles. The van der Waals surface area contributed by atoms with Crippen molar-refractivity contribution in [1.29, 1.82) is 0 Å². The molecule has 220 valence electrons. The van der Waals surface area contributed by atoms with Crippen LogP contribution in [0.25, 0.3) is 33.5 Å². The Morgan fingerprint density at radius 1 is 0.955 bits per heavy atom. The molecule has 0 saturated carbocycles. The highest BCUT2D eigenvalue weighted by atomic mass is 16.6. The molecule has 11 nitrogen and oxygen atoms in total. The van der Waals surface area contributed by atoms with Gasteiger partial charge in [0, 0.05) is 11.6 Å². The zero-order chi connectivity index (χ0) is 30.8. The predicted molar refractivity (Wildman–Crippen MR) is 166 cm³/mol. The number of fused-ring (bicyclic) bond motifs is 2. The fraction of sp³-hybridized carbons (Fsp3) is 0.121. The number of para-hydroxylation sites is 1. The molecular formula is C33H26N4O7. The third-order valence-corrected chi connectivity index (χ3v) is 6.98. The molecule has 0 atom stereocenters. The monoisotopic (exact) mass is 590 g/mol. The van der Waals surface area contributed by atoms with Crippen molar-refractivity contribution in [2.45, 2.75) is 13.5 Å². The van der Waals surface area contributed by atoms with Gasteiger partial charge >= 0.3 is 5.69 Å². The molecule has 0 aliphatic carbocycles. The minimum absolute atomic E-state index is 0.0161. The van der Waals surface area contributed by atoms with Gasteiger partial charge in [-0.15, -0.1) is 0 Å². The average molecular weight is 591 g/mol. The highest BCUT2D eigenvalue weighted by molar-refractivity contribution is 5.89. The standard InChI is InChI=1S/C33H26N4O7/c1-20-8-6-9-21(14-20)19-43-31-26(37(39)40)15-22(16-29(31)42-3)18-34-36-32(35-25-11-5-4-10-23(25)33(36)38)30-17-24-27(41-2)12-7-13-28(24)44-30/h4-18H,19H2,1-3H3. The van der Waals surface area contributed by atoms with E-state index in [2.05, 4.69) is 10.1 Å². The average Bonchev–Trinajstić information content (AvgIpc) is 3.47. The first-order chi connectivity index (χ1) is 21.4. The van der Waals surface area contributed by atoms with Gasteiger partial charge in [0.15, 0.2) is 11.5 Å². The molecule has 0 radical (unpaired) electrons. The van der Waals surface area contributed by atoms with E-state index in [9.17, 15) is 14.9 Å². The first kappa shape index (κ1) is 28.2. The van der Waals surface area contributed by atoms with E-state index in [1.807, 2.05) is 31.2 Å². The summed E-state index contributed by atoms with van der Waals surface area (Å²) < 4.78 is 24.0. The van der Waals surface area contributed by atoms with Crippen molar-refractivity contribution >= 4 is 33.8 Å². The molecule has 0 saturated heterocycles. The number of hydrogen-bond acceptors (Lipinski definition) is 9. The van der Waals surface area contributed by atoms with E-state index < -0.39 is 10.5 Å². The SMILES string of the molecule is COc1cc(C=Nn2c(-c3cc4c(OC)cccc4o3)nc3ccccc3c2=O)cc([N+](=O)[O-])c1OCc1cccc(C)c1. The minimum atomic E-state index is -0.553. The Balaban J connectivity index is 1.44. The molecule has 6 aromatic rings. The maximum atomic E-state index is 13.7. The fourth-order valence-corrected chi connectivity index (χ4v) is 4.91. The largest absolute Gasteiger partial charge is 0.496 e. The van der Waals surface area contributed by atoms with Crippen LogP contribution in [-0.2, 0) is 6.61 Å². The topological polar surface area (TPSA) is 131 Å². The summed E-state index contributed by atoms with van der Waals surface area (Å²) in [5, 5.41) is 17.6. The Bertz CT molecular complexity index is 2130. The van der Waals surface area contributed by atoms with Crippen LogP contribution in [0, 0.1) is 17.0 Å². The van der Waals surface area contributed by atoms with E-state index in [0.29, 0.717) is 33.2 Å². The first-order valence-electron chi connectivity index (χ1n) is 13.5. The summed E-state index contributed by atoms with van der Waals surface area (Å²) in [6.45, 7) is 2.06. The van der Waals surface area contributed by atoms with E-state index in [1.165, 1.54) is 19.4 Å². The van der Waals surface area contributed by atoms with Crippen LogP contribution in [0.1, 0.15) is 16.7 Å². The molecule has 2 aromatic heterocycles. The molecule has 2 heterocycles. The van der Waals surface area contributed by atoms with E-state index in [0.717, 1.165) is 15.8 Å². The fourth-order valence-electron chi connectivity index (χ4n) is 4.91. The third kappa shape index (κ3) is 5.34. The quantitative estimate of drug-likeness (QED) is 0.106. The number of ether oxygens (including phenoxy) is 3. The smallest absolute Gasteiger partial charge is 0.315 e. The summed E-state index contributed by atoms with van der Waals surface area (Å²) >= 11 is 0. The van der Waals surface area contributed by atoms with Crippen molar-refractivity contribution in [3.63, 3.8) is 0 Å². The molecule has 0 spiro atoms. The lowest BCUT2D eigenvalue weighted by molar-refractivity contribution is -0.386. The van der Waals surface area contributed by atoms with Gasteiger partial charge in [0.2, 0.25) is 11.6 Å². The number of aryl methyl sites for hydroxylation is 1. The summed E-state index contributed by atoms with van der Waals surface area (Å²) in [6, 6.07) is 24.5. The van der Waals surface area contributed by atoms with Crippen LogP contribution in [0.2, 0.25) is 0 Å². The number of hydrogen-bond donors (Lipinski definition) is 0. The van der Waals surface area contributed by atoms with Crippen molar-refractivity contribution in [3.8, 4) is 28.8 Å². The third-order valence-electron chi connectivity index (χ3n) is 6.98. The van der Waals surface area contributed by atoms with Gasteiger partial charge < -0.3 is 18.6 Å². The van der Waals surface area contributed by atoms with Gasteiger partial charge in [-0.2, -0.15) is 9.78 Å². The van der Waals surface area contributed by atoms with Crippen LogP contribution in [0.3, 0.4) is 0 Å². The Morgan fingerprint density at radius 2 is 1.75 bits per heavy atom. The normalized spacial score (nSPS) is 11.3. The molecule has 44 heavy (non-hydrogen) atoms. The number of nitro groups is 1. The lowest BCUT2D eigenvalue weighted by Gasteiger charge is -2.12. The summed E-state index contributed by atoms with van der Waals surface area (Å²) in [5.41, 5.74) is 2.43. The van der Waals surface area contributed by atoms with Crippen molar-refractivity contribution in [1.82, 2.24) is 9.66 Å². The lowest BCUT2D eigenvalue weighted by atomic mass is 10.1. The molecule has 6 rings (SSSR count). The number of nitro benzene ring substituents is 1. The van der Waals surface area contributed by atoms with Crippen LogP contribution in [-0.4, -0.2) is 35.0 Å². The Morgan fingerprint density at radius 3 is 2.52 bits per heavy atom. The van der Waals surface area contributed by atoms with Crippen molar-refractivity contribution in [2.24, 2.45) is 5.10 Å². The zero-order valence-corrected chi connectivity index (χ0v) is 24.0. The molecule has 0 unspecified atom stereocenters. The van der Waals surface area contributed by atoms with E-state index >= 15 is 0 Å². The van der Waals surface area contributed by atoms with Crippen LogP contribution < -0.4 is 19.8 Å². The summed E-state index contributed by atoms with van der Waals surface area (Å²) in [4.78, 5) is 29.9. The van der Waals surface area contributed by atoms with Crippen LogP contribution in [0.5, 0.6) is 17.2 Å². The van der Waals surface area contributed by atoms with Gasteiger partial charge in [0.05, 0.1) is 41.6 Å². The highest BCUT2D eigenvalue weighted by Crippen LogP contribution is 2.39. The second kappa shape index (κ2) is 11.7. The first-order valence-corrected chi connectivity index (χ1v) is 13.5. The second-order valence-electron chi connectivity index (χ2n) is 9.90. The summed E-state index contributed by atoms with van der Waals surface area (Å²) in [7, 11) is 2.95. The van der Waals surface area contributed by atoms with Crippen LogP contribution in [0.4, 0.5) is 5.69 Å². The van der Waals surface area contributed by atoms with Gasteiger partial charge in [0.1, 0.15) is 17.9 Å². The van der Waals surface area contributed by atoms with Crippen molar-refractivity contribution < 1.29 is 23.6 Å². The molecule has 4 aromatic carbocycles. The Labute approximate surface area is 250 Å². The Hall–Kier alpha value is -5.97. The number of methoxy groups -OCH3 is 2. The van der Waals surface area contributed by atoms with Crippen molar-refractivity contribution in [3.05, 3.63) is 122 Å². The lowest BCUT2D eigenvalue weighted by Crippen LogP contribution is -2.20. The maximum absolute atomic E-state index is 13.7. The molecule has 0 amide bonds. The van der Waals surface area contributed by atoms with E-state index in [4.69, 9.17) is 18.6 Å². The molecule has 11 heteroatoms. The zero-order valence-electron chi connectivity index (χ0n) is 24.0. The number of rotatable bonds is 9.